The molecule has 25 heavy (non-hydrogen) atoms. The van der Waals surface area contributed by atoms with E-state index in [0.29, 0.717) is 19.1 Å². The first kappa shape index (κ1) is 15.8. The molecule has 0 aliphatic rings. The van der Waals surface area contributed by atoms with Crippen molar-refractivity contribution in [2.75, 3.05) is 26.1 Å². The Hall–Kier alpha value is -2.70. The molecule has 0 fully saturated rings. The molecular formula is C19H17N3O2S. The number of rotatable bonds is 5. The predicted molar refractivity (Wildman–Crippen MR) is 102 cm³/mol. The SMILES string of the molecule is COCCOc1nc(N)nc2ccc(-c3cc4ccccc4s3)cc12. The van der Waals surface area contributed by atoms with Gasteiger partial charge in [0.2, 0.25) is 11.8 Å². The third-order valence-corrected chi connectivity index (χ3v) is 5.08. The van der Waals surface area contributed by atoms with E-state index in [1.807, 2.05) is 6.07 Å². The monoisotopic (exact) mass is 351 g/mol. The second-order valence-corrected chi connectivity index (χ2v) is 6.69. The zero-order valence-electron chi connectivity index (χ0n) is 13.7. The molecule has 6 heteroatoms. The van der Waals surface area contributed by atoms with Gasteiger partial charge in [0.15, 0.2) is 0 Å². The van der Waals surface area contributed by atoms with Crippen LogP contribution in [0.1, 0.15) is 0 Å². The molecule has 0 saturated carbocycles. The average Bonchev–Trinajstić information content (AvgIpc) is 3.05. The molecule has 2 aromatic heterocycles. The van der Waals surface area contributed by atoms with Crippen molar-refractivity contribution in [2.24, 2.45) is 0 Å². The van der Waals surface area contributed by atoms with Crippen LogP contribution in [0.15, 0.2) is 48.5 Å². The molecule has 2 aromatic carbocycles. The fourth-order valence-electron chi connectivity index (χ4n) is 2.73. The molecule has 0 spiro atoms. The third kappa shape index (κ3) is 3.14. The largest absolute Gasteiger partial charge is 0.475 e. The summed E-state index contributed by atoms with van der Waals surface area (Å²) in [6, 6.07) is 16.6. The van der Waals surface area contributed by atoms with Gasteiger partial charge in [-0.2, -0.15) is 4.98 Å². The highest BCUT2D eigenvalue weighted by Gasteiger charge is 2.11. The van der Waals surface area contributed by atoms with Crippen molar-refractivity contribution in [3.05, 3.63) is 48.5 Å². The van der Waals surface area contributed by atoms with Crippen LogP contribution < -0.4 is 10.5 Å². The van der Waals surface area contributed by atoms with Gasteiger partial charge in [0.1, 0.15) is 6.61 Å². The third-order valence-electron chi connectivity index (χ3n) is 3.91. The van der Waals surface area contributed by atoms with Crippen LogP contribution in [0.3, 0.4) is 0 Å². The smallest absolute Gasteiger partial charge is 0.226 e. The Morgan fingerprint density at radius 3 is 2.76 bits per heavy atom. The van der Waals surface area contributed by atoms with E-state index in [2.05, 4.69) is 52.4 Å². The molecule has 0 unspecified atom stereocenters. The maximum atomic E-state index is 5.80. The van der Waals surface area contributed by atoms with Crippen molar-refractivity contribution in [2.45, 2.75) is 0 Å². The summed E-state index contributed by atoms with van der Waals surface area (Å²) >= 11 is 1.76. The summed E-state index contributed by atoms with van der Waals surface area (Å²) in [5.74, 6) is 0.692. The first-order valence-corrected chi connectivity index (χ1v) is 8.74. The van der Waals surface area contributed by atoms with Crippen LogP contribution in [0.4, 0.5) is 5.95 Å². The second-order valence-electron chi connectivity index (χ2n) is 5.61. The van der Waals surface area contributed by atoms with E-state index in [-0.39, 0.29) is 5.95 Å². The number of benzene rings is 2. The van der Waals surface area contributed by atoms with Gasteiger partial charge in [-0.25, -0.2) is 4.98 Å². The summed E-state index contributed by atoms with van der Waals surface area (Å²) in [6.45, 7) is 0.899. The molecule has 2 heterocycles. The van der Waals surface area contributed by atoms with Crippen LogP contribution in [0.25, 0.3) is 31.4 Å². The Balaban J connectivity index is 1.80. The molecule has 2 N–H and O–H groups in total. The Morgan fingerprint density at radius 1 is 1.04 bits per heavy atom. The van der Waals surface area contributed by atoms with Crippen LogP contribution in [-0.2, 0) is 4.74 Å². The van der Waals surface area contributed by atoms with Gasteiger partial charge in [0.05, 0.1) is 17.5 Å². The number of hydrogen-bond donors (Lipinski definition) is 1. The molecule has 0 bridgehead atoms. The number of aromatic nitrogens is 2. The quantitative estimate of drug-likeness (QED) is 0.548. The summed E-state index contributed by atoms with van der Waals surface area (Å²) in [5.41, 5.74) is 7.68. The molecule has 0 radical (unpaired) electrons. The van der Waals surface area contributed by atoms with E-state index in [1.54, 1.807) is 18.4 Å². The van der Waals surface area contributed by atoms with Gasteiger partial charge < -0.3 is 15.2 Å². The average molecular weight is 351 g/mol. The van der Waals surface area contributed by atoms with Crippen LogP contribution >= 0.6 is 11.3 Å². The number of methoxy groups -OCH3 is 1. The fourth-order valence-corrected chi connectivity index (χ4v) is 3.79. The maximum absolute atomic E-state index is 5.80. The first-order valence-electron chi connectivity index (χ1n) is 7.92. The lowest BCUT2D eigenvalue weighted by atomic mass is 10.1. The standard InChI is InChI=1S/C19H17N3O2S/c1-23-8-9-24-18-14-10-13(6-7-15(14)21-19(20)22-18)17-11-12-4-2-3-5-16(12)25-17/h2-7,10-11H,8-9H2,1H3,(H2,20,21,22). The zero-order chi connectivity index (χ0) is 17.2. The Kier molecular flexibility index (Phi) is 4.21. The highest BCUT2D eigenvalue weighted by Crippen LogP contribution is 2.36. The molecule has 0 amide bonds. The number of nitrogens with zero attached hydrogens (tertiary/aromatic N) is 2. The minimum atomic E-state index is 0.203. The Morgan fingerprint density at radius 2 is 1.92 bits per heavy atom. The summed E-state index contributed by atoms with van der Waals surface area (Å²) in [4.78, 5) is 9.74. The van der Waals surface area contributed by atoms with Gasteiger partial charge in [-0.15, -0.1) is 11.3 Å². The van der Waals surface area contributed by atoms with Crippen LogP contribution in [-0.4, -0.2) is 30.3 Å². The number of anilines is 1. The van der Waals surface area contributed by atoms with E-state index in [1.165, 1.54) is 15.0 Å². The number of hydrogen-bond acceptors (Lipinski definition) is 6. The summed E-state index contributed by atoms with van der Waals surface area (Å²) in [5, 5.41) is 2.09. The van der Waals surface area contributed by atoms with Crippen molar-refractivity contribution in [3.63, 3.8) is 0 Å². The summed E-state index contributed by atoms with van der Waals surface area (Å²) in [7, 11) is 1.63. The van der Waals surface area contributed by atoms with E-state index >= 15 is 0 Å². The highest BCUT2D eigenvalue weighted by atomic mass is 32.1. The van der Waals surface area contributed by atoms with Gasteiger partial charge in [0.25, 0.3) is 0 Å². The van der Waals surface area contributed by atoms with Gasteiger partial charge in [0, 0.05) is 16.7 Å². The van der Waals surface area contributed by atoms with Crippen molar-refractivity contribution < 1.29 is 9.47 Å². The summed E-state index contributed by atoms with van der Waals surface area (Å²) < 4.78 is 12.0. The van der Waals surface area contributed by atoms with Crippen molar-refractivity contribution >= 4 is 38.3 Å². The minimum absolute atomic E-state index is 0.203. The molecule has 0 aliphatic carbocycles. The topological polar surface area (TPSA) is 70.3 Å². The minimum Gasteiger partial charge on any atom is -0.475 e. The predicted octanol–water partition coefficient (Wildman–Crippen LogP) is 4.12. The first-order chi connectivity index (χ1) is 12.2. The molecule has 0 aliphatic heterocycles. The van der Waals surface area contributed by atoms with E-state index in [4.69, 9.17) is 15.2 Å². The van der Waals surface area contributed by atoms with Crippen LogP contribution in [0.5, 0.6) is 5.88 Å². The molecular weight excluding hydrogens is 334 g/mol. The molecule has 4 aromatic rings. The van der Waals surface area contributed by atoms with Crippen molar-refractivity contribution in [1.29, 1.82) is 0 Å². The Bertz CT molecular complexity index is 1010. The molecule has 126 valence electrons. The lowest BCUT2D eigenvalue weighted by Crippen LogP contribution is -2.07. The Labute approximate surface area is 149 Å². The second kappa shape index (κ2) is 6.66. The van der Waals surface area contributed by atoms with Crippen LogP contribution in [0, 0.1) is 0 Å². The number of thiophene rings is 1. The molecule has 0 saturated heterocycles. The number of fused-ring (bicyclic) bond motifs is 2. The highest BCUT2D eigenvalue weighted by molar-refractivity contribution is 7.22. The summed E-state index contributed by atoms with van der Waals surface area (Å²) in [6.07, 6.45) is 0. The normalized spacial score (nSPS) is 11.2. The number of nitrogen functional groups attached to an aromatic ring is 1. The fraction of sp³-hybridized carbons (Fsp3) is 0.158. The van der Waals surface area contributed by atoms with E-state index in [9.17, 15) is 0 Å². The molecule has 5 nitrogen and oxygen atoms in total. The van der Waals surface area contributed by atoms with Gasteiger partial charge in [-0.1, -0.05) is 24.3 Å². The van der Waals surface area contributed by atoms with Gasteiger partial charge in [-0.05, 0) is 35.2 Å². The van der Waals surface area contributed by atoms with Gasteiger partial charge >= 0.3 is 0 Å². The molecule has 4 rings (SSSR count). The van der Waals surface area contributed by atoms with E-state index < -0.39 is 0 Å². The van der Waals surface area contributed by atoms with Crippen molar-refractivity contribution in [1.82, 2.24) is 9.97 Å². The lowest BCUT2D eigenvalue weighted by Gasteiger charge is -2.09. The zero-order valence-corrected chi connectivity index (χ0v) is 14.5. The molecule has 0 atom stereocenters. The van der Waals surface area contributed by atoms with Gasteiger partial charge in [-0.3, -0.25) is 0 Å². The maximum Gasteiger partial charge on any atom is 0.226 e. The van der Waals surface area contributed by atoms with E-state index in [0.717, 1.165) is 16.5 Å². The lowest BCUT2D eigenvalue weighted by molar-refractivity contribution is 0.144. The number of ether oxygens (including phenoxy) is 2. The number of nitrogens with two attached hydrogens (primary N) is 1. The van der Waals surface area contributed by atoms with Crippen molar-refractivity contribution in [3.8, 4) is 16.3 Å². The van der Waals surface area contributed by atoms with Crippen LogP contribution in [0.2, 0.25) is 0 Å².